The zero-order chi connectivity index (χ0) is 13.7. The molecular weight excluding hydrogens is 238 g/mol. The van der Waals surface area contributed by atoms with Gasteiger partial charge in [-0.25, -0.2) is 0 Å². The van der Waals surface area contributed by atoms with Gasteiger partial charge >= 0.3 is 0 Å². The monoisotopic (exact) mass is 267 g/mol. The maximum Gasteiger partial charge on any atom is 0.227 e. The molecule has 2 heterocycles. The summed E-state index contributed by atoms with van der Waals surface area (Å²) in [7, 11) is 2.17. The highest BCUT2D eigenvalue weighted by Gasteiger charge is 2.37. The third kappa shape index (κ3) is 3.69. The van der Waals surface area contributed by atoms with Crippen LogP contribution in [0, 0.1) is 11.3 Å². The summed E-state index contributed by atoms with van der Waals surface area (Å²) in [5.74, 6) is 0.906. The van der Waals surface area contributed by atoms with E-state index in [1.807, 2.05) is 0 Å². The predicted molar refractivity (Wildman–Crippen MR) is 78.1 cm³/mol. The van der Waals surface area contributed by atoms with Gasteiger partial charge in [-0.2, -0.15) is 0 Å². The van der Waals surface area contributed by atoms with Crippen LogP contribution in [-0.4, -0.2) is 50.6 Å². The minimum Gasteiger partial charge on any atom is -0.355 e. The standard InChI is InChI=1S/C15H29N3O/c1-3-15(7-5-8-16-12-15)14(19)17-10-13-6-4-9-18(2)11-13/h13,16H,3-12H2,1-2H3,(H,17,19). The van der Waals surface area contributed by atoms with Gasteiger partial charge in [0.05, 0.1) is 5.41 Å². The first-order valence-electron chi connectivity index (χ1n) is 7.84. The molecule has 2 N–H and O–H groups in total. The van der Waals surface area contributed by atoms with Crippen molar-refractivity contribution in [3.8, 4) is 0 Å². The minimum absolute atomic E-state index is 0.154. The van der Waals surface area contributed by atoms with Crippen LogP contribution in [0.25, 0.3) is 0 Å². The van der Waals surface area contributed by atoms with Crippen molar-refractivity contribution in [1.29, 1.82) is 0 Å². The third-order valence-electron chi connectivity index (χ3n) is 4.90. The lowest BCUT2D eigenvalue weighted by Gasteiger charge is -2.36. The SMILES string of the molecule is CCC1(C(=O)NCC2CCCN(C)C2)CCCNC1. The van der Waals surface area contributed by atoms with Gasteiger partial charge in [0.1, 0.15) is 0 Å². The van der Waals surface area contributed by atoms with Crippen molar-refractivity contribution in [2.24, 2.45) is 11.3 Å². The summed E-state index contributed by atoms with van der Waals surface area (Å²) in [5.41, 5.74) is -0.154. The Bertz CT molecular complexity index is 300. The summed E-state index contributed by atoms with van der Waals surface area (Å²) in [6, 6.07) is 0. The first-order valence-corrected chi connectivity index (χ1v) is 7.84. The van der Waals surface area contributed by atoms with Crippen LogP contribution in [0.3, 0.4) is 0 Å². The Balaban J connectivity index is 1.82. The number of nitrogens with one attached hydrogen (secondary N) is 2. The molecule has 0 aromatic carbocycles. The zero-order valence-corrected chi connectivity index (χ0v) is 12.5. The smallest absolute Gasteiger partial charge is 0.227 e. The Labute approximate surface area is 117 Å². The number of piperidine rings is 2. The van der Waals surface area contributed by atoms with Gasteiger partial charge < -0.3 is 15.5 Å². The highest BCUT2D eigenvalue weighted by molar-refractivity contribution is 5.83. The topological polar surface area (TPSA) is 44.4 Å². The number of hydrogen-bond acceptors (Lipinski definition) is 3. The molecule has 4 heteroatoms. The Morgan fingerprint density at radius 1 is 1.47 bits per heavy atom. The molecule has 19 heavy (non-hydrogen) atoms. The molecule has 0 aliphatic carbocycles. The van der Waals surface area contributed by atoms with E-state index in [-0.39, 0.29) is 11.3 Å². The summed E-state index contributed by atoms with van der Waals surface area (Å²) in [5, 5.41) is 6.61. The average Bonchev–Trinajstić information content (AvgIpc) is 2.45. The van der Waals surface area contributed by atoms with Crippen molar-refractivity contribution < 1.29 is 4.79 Å². The van der Waals surface area contributed by atoms with E-state index >= 15 is 0 Å². The number of carbonyl (C=O) groups is 1. The lowest BCUT2D eigenvalue weighted by molar-refractivity contribution is -0.132. The predicted octanol–water partition coefficient (Wildman–Crippen LogP) is 1.22. The highest BCUT2D eigenvalue weighted by atomic mass is 16.2. The van der Waals surface area contributed by atoms with Gasteiger partial charge in [-0.3, -0.25) is 4.79 Å². The number of nitrogens with zero attached hydrogens (tertiary/aromatic N) is 1. The molecule has 2 atom stereocenters. The van der Waals surface area contributed by atoms with Gasteiger partial charge in [-0.15, -0.1) is 0 Å². The first kappa shape index (κ1) is 14.8. The van der Waals surface area contributed by atoms with Crippen molar-refractivity contribution in [2.45, 2.75) is 39.0 Å². The third-order valence-corrected chi connectivity index (χ3v) is 4.90. The highest BCUT2D eigenvalue weighted by Crippen LogP contribution is 2.30. The Morgan fingerprint density at radius 3 is 2.95 bits per heavy atom. The Hall–Kier alpha value is -0.610. The van der Waals surface area contributed by atoms with E-state index in [1.165, 1.54) is 19.4 Å². The summed E-state index contributed by atoms with van der Waals surface area (Å²) in [4.78, 5) is 14.9. The Morgan fingerprint density at radius 2 is 2.32 bits per heavy atom. The second-order valence-electron chi connectivity index (χ2n) is 6.39. The number of likely N-dealkylation sites (tertiary alicyclic amines) is 1. The van der Waals surface area contributed by atoms with Crippen molar-refractivity contribution >= 4 is 5.91 Å². The molecule has 2 aliphatic rings. The first-order chi connectivity index (χ1) is 9.16. The van der Waals surface area contributed by atoms with Crippen LogP contribution in [0.5, 0.6) is 0 Å². The minimum atomic E-state index is -0.154. The molecule has 0 radical (unpaired) electrons. The van der Waals surface area contributed by atoms with E-state index in [9.17, 15) is 4.79 Å². The second-order valence-corrected chi connectivity index (χ2v) is 6.39. The molecule has 110 valence electrons. The van der Waals surface area contributed by atoms with E-state index in [1.54, 1.807) is 0 Å². The van der Waals surface area contributed by atoms with Crippen molar-refractivity contribution in [2.75, 3.05) is 39.8 Å². The van der Waals surface area contributed by atoms with Crippen LogP contribution in [0.4, 0.5) is 0 Å². The summed E-state index contributed by atoms with van der Waals surface area (Å²) in [6.07, 6.45) is 5.61. The zero-order valence-electron chi connectivity index (χ0n) is 12.5. The lowest BCUT2D eigenvalue weighted by Crippen LogP contribution is -2.51. The summed E-state index contributed by atoms with van der Waals surface area (Å²) in [6.45, 7) is 7.22. The number of rotatable bonds is 4. The molecule has 0 saturated carbocycles. The van der Waals surface area contributed by atoms with E-state index in [2.05, 4.69) is 29.5 Å². The van der Waals surface area contributed by atoms with Gasteiger partial charge in [0.15, 0.2) is 0 Å². The fraction of sp³-hybridized carbons (Fsp3) is 0.933. The molecule has 2 aliphatic heterocycles. The summed E-state index contributed by atoms with van der Waals surface area (Å²) < 4.78 is 0. The molecule has 0 aromatic rings. The molecule has 2 fully saturated rings. The van der Waals surface area contributed by atoms with Crippen LogP contribution in [-0.2, 0) is 4.79 Å². The lowest BCUT2D eigenvalue weighted by atomic mass is 9.77. The van der Waals surface area contributed by atoms with Crippen LogP contribution < -0.4 is 10.6 Å². The Kier molecular flexibility index (Phi) is 5.22. The van der Waals surface area contributed by atoms with Gasteiger partial charge in [-0.1, -0.05) is 6.92 Å². The molecule has 4 nitrogen and oxygen atoms in total. The fourth-order valence-corrected chi connectivity index (χ4v) is 3.49. The molecule has 2 unspecified atom stereocenters. The van der Waals surface area contributed by atoms with Gasteiger partial charge in [0, 0.05) is 19.6 Å². The number of amides is 1. The van der Waals surface area contributed by atoms with Crippen LogP contribution in [0.1, 0.15) is 39.0 Å². The number of carbonyl (C=O) groups excluding carboxylic acids is 1. The molecule has 2 rings (SSSR count). The van der Waals surface area contributed by atoms with Crippen molar-refractivity contribution in [1.82, 2.24) is 15.5 Å². The molecule has 0 spiro atoms. The fourth-order valence-electron chi connectivity index (χ4n) is 3.49. The van der Waals surface area contributed by atoms with E-state index in [0.717, 1.165) is 45.4 Å². The van der Waals surface area contributed by atoms with Gasteiger partial charge in [0.25, 0.3) is 0 Å². The second kappa shape index (κ2) is 6.71. The van der Waals surface area contributed by atoms with Crippen molar-refractivity contribution in [3.05, 3.63) is 0 Å². The largest absolute Gasteiger partial charge is 0.355 e. The van der Waals surface area contributed by atoms with E-state index in [0.29, 0.717) is 5.92 Å². The van der Waals surface area contributed by atoms with Gasteiger partial charge in [-0.05, 0) is 58.2 Å². The maximum absolute atomic E-state index is 12.5. The molecule has 0 aromatic heterocycles. The van der Waals surface area contributed by atoms with Crippen LogP contribution in [0.15, 0.2) is 0 Å². The molecule has 0 bridgehead atoms. The molecule has 1 amide bonds. The van der Waals surface area contributed by atoms with Crippen LogP contribution >= 0.6 is 0 Å². The van der Waals surface area contributed by atoms with E-state index in [4.69, 9.17) is 0 Å². The quantitative estimate of drug-likeness (QED) is 0.805. The van der Waals surface area contributed by atoms with Gasteiger partial charge in [0.2, 0.25) is 5.91 Å². The average molecular weight is 267 g/mol. The molecular formula is C15H29N3O. The normalized spacial score (nSPS) is 33.1. The summed E-state index contributed by atoms with van der Waals surface area (Å²) >= 11 is 0. The van der Waals surface area contributed by atoms with Crippen LogP contribution in [0.2, 0.25) is 0 Å². The van der Waals surface area contributed by atoms with E-state index < -0.39 is 0 Å². The maximum atomic E-state index is 12.5. The van der Waals surface area contributed by atoms with Crippen molar-refractivity contribution in [3.63, 3.8) is 0 Å². The number of hydrogen-bond donors (Lipinski definition) is 2. The molecule has 2 saturated heterocycles.